The lowest BCUT2D eigenvalue weighted by atomic mass is 10.3. The number of hydrogen-bond acceptors (Lipinski definition) is 5. The van der Waals surface area contributed by atoms with E-state index in [9.17, 15) is 18.8 Å². The number of anilines is 2. The molecule has 0 saturated carbocycles. The molecule has 3 aromatic rings. The van der Waals surface area contributed by atoms with Gasteiger partial charge in [-0.25, -0.2) is 18.8 Å². The number of thiophene rings is 1. The van der Waals surface area contributed by atoms with Crippen molar-refractivity contribution in [1.29, 1.82) is 0 Å². The number of halogens is 1. The number of benzene rings is 1. The Morgan fingerprint density at radius 2 is 2.04 bits per heavy atom. The number of carbonyl (C=O) groups excluding carboxylic acids is 1. The molecule has 7 nitrogen and oxygen atoms in total. The van der Waals surface area contributed by atoms with Gasteiger partial charge < -0.3 is 14.8 Å². The third-order valence-electron chi connectivity index (χ3n) is 3.35. The normalized spacial score (nSPS) is 10.6. The molecular weight excluding hydrogens is 351 g/mol. The summed E-state index contributed by atoms with van der Waals surface area (Å²) < 4.78 is 18.5. The van der Waals surface area contributed by atoms with E-state index in [1.165, 1.54) is 48.3 Å². The van der Waals surface area contributed by atoms with Gasteiger partial charge in [-0.15, -0.1) is 11.3 Å². The predicted octanol–water partition coefficient (Wildman–Crippen LogP) is 3.36. The molecule has 0 bridgehead atoms. The summed E-state index contributed by atoms with van der Waals surface area (Å²) in [6.45, 7) is 0. The summed E-state index contributed by atoms with van der Waals surface area (Å²) in [5.41, 5.74) is -0.970. The van der Waals surface area contributed by atoms with Crippen molar-refractivity contribution < 1.29 is 23.5 Å². The number of hydrogen-bond donors (Lipinski definition) is 2. The summed E-state index contributed by atoms with van der Waals surface area (Å²) >= 11 is 1.08. The second-order valence-electron chi connectivity index (χ2n) is 5.07. The van der Waals surface area contributed by atoms with Gasteiger partial charge in [0.2, 0.25) is 0 Å². The van der Waals surface area contributed by atoms with E-state index in [0.717, 1.165) is 11.3 Å². The smallest absolute Gasteiger partial charge is 0.351 e. The molecule has 9 heteroatoms. The van der Waals surface area contributed by atoms with Crippen molar-refractivity contribution in [3.05, 3.63) is 58.2 Å². The van der Waals surface area contributed by atoms with Crippen molar-refractivity contribution >= 4 is 44.3 Å². The Hall–Kier alpha value is -3.20. The third kappa shape index (κ3) is 3.36. The molecule has 0 saturated heterocycles. The molecule has 0 radical (unpaired) electrons. The van der Waals surface area contributed by atoms with Gasteiger partial charge in [-0.05, 0) is 24.3 Å². The number of rotatable bonds is 3. The molecule has 0 aliphatic rings. The highest BCUT2D eigenvalue weighted by molar-refractivity contribution is 7.22. The van der Waals surface area contributed by atoms with Crippen molar-refractivity contribution in [3.8, 4) is 0 Å². The molecule has 3 rings (SSSR count). The van der Waals surface area contributed by atoms with E-state index in [1.54, 1.807) is 0 Å². The van der Waals surface area contributed by atoms with E-state index in [2.05, 4.69) is 5.32 Å². The minimum atomic E-state index is -1.39. The first-order valence-corrected chi connectivity index (χ1v) is 7.78. The number of amides is 2. The molecular formula is C16H11FN2O5S. The molecule has 128 valence electrons. The number of urea groups is 1. The summed E-state index contributed by atoms with van der Waals surface area (Å²) in [6.07, 6.45) is 0. The van der Waals surface area contributed by atoms with Crippen LogP contribution < -0.4 is 15.8 Å². The van der Waals surface area contributed by atoms with Crippen molar-refractivity contribution in [1.82, 2.24) is 0 Å². The van der Waals surface area contributed by atoms with Crippen LogP contribution in [-0.2, 0) is 0 Å². The summed E-state index contributed by atoms with van der Waals surface area (Å²) in [5, 5.41) is 11.9. The fourth-order valence-corrected chi connectivity index (χ4v) is 3.08. The Bertz CT molecular complexity index is 1040. The summed E-state index contributed by atoms with van der Waals surface area (Å²) in [4.78, 5) is 36.1. The zero-order valence-electron chi connectivity index (χ0n) is 12.8. The summed E-state index contributed by atoms with van der Waals surface area (Å²) in [5.74, 6) is -1.87. The maximum atomic E-state index is 13.2. The van der Waals surface area contributed by atoms with Crippen LogP contribution in [0.5, 0.6) is 0 Å². The van der Waals surface area contributed by atoms with Crippen LogP contribution in [0.2, 0.25) is 0 Å². The standard InChI is InChI=1S/C16H11FN2O5S/c1-19(16(23)18-9-4-2-3-8(17)5-9)13-7-11-12(25-13)6-10(14(20)21)15(22)24-11/h2-7H,1H3,(H,18,23)(H,20,21). The highest BCUT2D eigenvalue weighted by atomic mass is 32.1. The van der Waals surface area contributed by atoms with Gasteiger partial charge in [-0.3, -0.25) is 4.90 Å². The number of carbonyl (C=O) groups is 2. The molecule has 0 fully saturated rings. The van der Waals surface area contributed by atoms with Gasteiger partial charge in [0.05, 0.1) is 4.70 Å². The highest BCUT2D eigenvalue weighted by Gasteiger charge is 2.18. The number of aromatic carboxylic acids is 1. The number of nitrogens with zero attached hydrogens (tertiary/aromatic N) is 1. The minimum Gasteiger partial charge on any atom is -0.477 e. The van der Waals surface area contributed by atoms with Crippen LogP contribution >= 0.6 is 11.3 Å². The number of carboxylic acids is 1. The van der Waals surface area contributed by atoms with E-state index < -0.39 is 29.0 Å². The molecule has 0 aliphatic heterocycles. The Kier molecular flexibility index (Phi) is 4.24. The van der Waals surface area contributed by atoms with Crippen LogP contribution in [0.25, 0.3) is 10.3 Å². The Balaban J connectivity index is 1.88. The monoisotopic (exact) mass is 362 g/mol. The van der Waals surface area contributed by atoms with Gasteiger partial charge in [-0.1, -0.05) is 6.07 Å². The number of fused-ring (bicyclic) bond motifs is 1. The van der Waals surface area contributed by atoms with Gasteiger partial charge in [0, 0.05) is 18.8 Å². The van der Waals surface area contributed by atoms with Crippen LogP contribution in [0.15, 0.2) is 45.6 Å². The zero-order valence-corrected chi connectivity index (χ0v) is 13.6. The van der Waals surface area contributed by atoms with Crippen LogP contribution in [-0.4, -0.2) is 24.2 Å². The average molecular weight is 362 g/mol. The molecule has 2 aromatic heterocycles. The Labute approximate surface area is 143 Å². The third-order valence-corrected chi connectivity index (χ3v) is 4.49. The van der Waals surface area contributed by atoms with Gasteiger partial charge in [0.15, 0.2) is 5.58 Å². The first-order valence-electron chi connectivity index (χ1n) is 6.96. The van der Waals surface area contributed by atoms with E-state index in [0.29, 0.717) is 9.70 Å². The quantitative estimate of drug-likeness (QED) is 0.744. The summed E-state index contributed by atoms with van der Waals surface area (Å²) in [7, 11) is 1.48. The molecule has 2 amide bonds. The van der Waals surface area contributed by atoms with Crippen LogP contribution in [0.4, 0.5) is 19.9 Å². The lowest BCUT2D eigenvalue weighted by molar-refractivity contribution is 0.0692. The molecule has 2 heterocycles. The topological polar surface area (TPSA) is 99.9 Å². The first-order chi connectivity index (χ1) is 11.8. The molecule has 25 heavy (non-hydrogen) atoms. The minimum absolute atomic E-state index is 0.181. The molecule has 0 aliphatic carbocycles. The maximum Gasteiger partial charge on any atom is 0.351 e. The van der Waals surface area contributed by atoms with Gasteiger partial charge in [-0.2, -0.15) is 0 Å². The van der Waals surface area contributed by atoms with E-state index in [1.807, 2.05) is 0 Å². The zero-order chi connectivity index (χ0) is 18.1. The summed E-state index contributed by atoms with van der Waals surface area (Å²) in [6, 6.07) is 7.57. The largest absolute Gasteiger partial charge is 0.477 e. The van der Waals surface area contributed by atoms with Gasteiger partial charge >= 0.3 is 17.6 Å². The van der Waals surface area contributed by atoms with Crippen molar-refractivity contribution in [2.45, 2.75) is 0 Å². The van der Waals surface area contributed by atoms with Gasteiger partial charge in [0.25, 0.3) is 0 Å². The van der Waals surface area contributed by atoms with Crippen LogP contribution in [0.1, 0.15) is 10.4 Å². The van der Waals surface area contributed by atoms with E-state index >= 15 is 0 Å². The van der Waals surface area contributed by atoms with Crippen molar-refractivity contribution in [2.75, 3.05) is 17.3 Å². The molecule has 0 unspecified atom stereocenters. The number of nitrogens with one attached hydrogen (secondary N) is 1. The van der Waals surface area contributed by atoms with Gasteiger partial charge in [0.1, 0.15) is 16.4 Å². The van der Waals surface area contributed by atoms with Crippen molar-refractivity contribution in [3.63, 3.8) is 0 Å². The predicted molar refractivity (Wildman–Crippen MR) is 91.1 cm³/mol. The SMILES string of the molecule is CN(C(=O)Nc1cccc(F)c1)c1cc2oc(=O)c(C(=O)O)cc2s1. The Morgan fingerprint density at radius 3 is 2.72 bits per heavy atom. The van der Waals surface area contributed by atoms with E-state index in [-0.39, 0.29) is 11.3 Å². The highest BCUT2D eigenvalue weighted by Crippen LogP contribution is 2.32. The van der Waals surface area contributed by atoms with E-state index in [4.69, 9.17) is 9.52 Å². The number of carboxylic acid groups (broad SMARTS) is 1. The molecule has 0 atom stereocenters. The first kappa shape index (κ1) is 16.7. The van der Waals surface area contributed by atoms with Crippen LogP contribution in [0.3, 0.4) is 0 Å². The Morgan fingerprint density at radius 1 is 1.28 bits per heavy atom. The fraction of sp³-hybridized carbons (Fsp3) is 0.0625. The maximum absolute atomic E-state index is 13.2. The molecule has 1 aromatic carbocycles. The lowest BCUT2D eigenvalue weighted by Crippen LogP contribution is -2.30. The van der Waals surface area contributed by atoms with Crippen LogP contribution in [0, 0.1) is 5.82 Å². The average Bonchev–Trinajstić information content (AvgIpc) is 2.95. The van der Waals surface area contributed by atoms with Crippen molar-refractivity contribution in [2.24, 2.45) is 0 Å². The molecule has 2 N–H and O–H groups in total. The fourth-order valence-electron chi connectivity index (χ4n) is 2.09. The molecule has 0 spiro atoms. The lowest BCUT2D eigenvalue weighted by Gasteiger charge is -2.15. The second kappa shape index (κ2) is 6.36. The second-order valence-corrected chi connectivity index (χ2v) is 6.13.